The van der Waals surface area contributed by atoms with Crippen LogP contribution in [0.15, 0.2) is 61.1 Å². The van der Waals surface area contributed by atoms with Gasteiger partial charge in [-0.05, 0) is 30.0 Å². The number of anilines is 1. The Labute approximate surface area is 188 Å². The number of aromatic amines is 1. The Morgan fingerprint density at radius 3 is 2.52 bits per heavy atom. The Morgan fingerprint density at radius 1 is 1.09 bits per heavy atom. The molecule has 0 saturated carbocycles. The second kappa shape index (κ2) is 9.14. The summed E-state index contributed by atoms with van der Waals surface area (Å²) in [7, 11) is -5.62. The van der Waals surface area contributed by atoms with E-state index in [-0.39, 0.29) is 17.8 Å². The maximum Gasteiger partial charge on any atom is 0.511 e. The Morgan fingerprint density at radius 2 is 1.85 bits per heavy atom. The fraction of sp³-hybridized carbons (Fsp3) is 0.318. The minimum absolute atomic E-state index is 0.102. The van der Waals surface area contributed by atoms with Crippen molar-refractivity contribution in [2.75, 3.05) is 11.4 Å². The molecule has 4 rings (SSSR count). The van der Waals surface area contributed by atoms with Crippen LogP contribution in [0.1, 0.15) is 23.2 Å². The number of H-pyrrole nitrogens is 1. The van der Waals surface area contributed by atoms with Gasteiger partial charge in [-0.2, -0.15) is 17.5 Å². The molecule has 1 aliphatic heterocycles. The molecule has 2 heterocycles. The number of aryl methyl sites for hydroxylation is 1. The van der Waals surface area contributed by atoms with Crippen molar-refractivity contribution in [3.05, 3.63) is 83.7 Å². The first kappa shape index (κ1) is 23.2. The first-order valence-corrected chi connectivity index (χ1v) is 11.7. The average molecular weight is 483 g/mol. The lowest BCUT2D eigenvalue weighted by atomic mass is 10.0. The van der Waals surface area contributed by atoms with Crippen LogP contribution in [0.5, 0.6) is 0 Å². The molecule has 0 saturated heterocycles. The van der Waals surface area contributed by atoms with E-state index in [4.69, 9.17) is 0 Å². The normalized spacial score (nSPS) is 17.6. The monoisotopic (exact) mass is 482 g/mol. The number of imidazole rings is 1. The lowest BCUT2D eigenvalue weighted by Gasteiger charge is -2.34. The average Bonchev–Trinajstić information content (AvgIpc) is 3.22. The summed E-state index contributed by atoms with van der Waals surface area (Å²) >= 11 is 0. The molecule has 0 bridgehead atoms. The van der Waals surface area contributed by atoms with Crippen molar-refractivity contribution in [2.45, 2.75) is 37.5 Å². The maximum absolute atomic E-state index is 15.1. The molecule has 1 N–H and O–H groups in total. The molecule has 0 spiro atoms. The summed E-state index contributed by atoms with van der Waals surface area (Å²) in [5.41, 5.74) is -3.61. The first-order valence-electron chi connectivity index (χ1n) is 10.3. The molecule has 33 heavy (non-hydrogen) atoms. The molecule has 1 aliphatic rings. The standard InChI is InChI=1S/C22H22F4N4O2S/c23-20-8-4-7-17-12-29(33(31,32)22(24,25)26)14-19(10-9-16-5-2-1-3-6-16)30(21(17)20)13-18-11-27-15-28-18/h1-8,11,15,19H,9-10,12-14H2,(H,27,28)/t19-/m0/s1. The number of para-hydroxylation sites is 1. The number of alkyl halides is 3. The van der Waals surface area contributed by atoms with Crippen molar-refractivity contribution in [2.24, 2.45) is 0 Å². The predicted molar refractivity (Wildman–Crippen MR) is 115 cm³/mol. The Balaban J connectivity index is 1.78. The quantitative estimate of drug-likeness (QED) is 0.534. The van der Waals surface area contributed by atoms with E-state index in [0.29, 0.717) is 22.8 Å². The number of sulfonamides is 1. The summed E-state index contributed by atoms with van der Waals surface area (Å²) in [5, 5.41) is 0. The molecule has 0 radical (unpaired) electrons. The first-order chi connectivity index (χ1) is 15.7. The second-order valence-electron chi connectivity index (χ2n) is 7.87. The summed E-state index contributed by atoms with van der Waals surface area (Å²) < 4.78 is 80.6. The third-order valence-corrected chi connectivity index (χ3v) is 7.24. The fourth-order valence-corrected chi connectivity index (χ4v) is 5.07. The van der Waals surface area contributed by atoms with Crippen LogP contribution in [0.3, 0.4) is 0 Å². The Hall–Kier alpha value is -2.92. The molecule has 176 valence electrons. The predicted octanol–water partition coefficient (Wildman–Crippen LogP) is 4.22. The number of halogens is 4. The number of rotatable bonds is 6. The molecule has 11 heteroatoms. The van der Waals surface area contributed by atoms with Gasteiger partial charge in [0.05, 0.1) is 24.3 Å². The van der Waals surface area contributed by atoms with E-state index < -0.39 is 40.5 Å². The molecule has 2 aromatic carbocycles. The fourth-order valence-electron chi connectivity index (χ4n) is 4.10. The number of fused-ring (bicyclic) bond motifs is 1. The van der Waals surface area contributed by atoms with Gasteiger partial charge in [0.25, 0.3) is 0 Å². The van der Waals surface area contributed by atoms with Crippen molar-refractivity contribution >= 4 is 15.7 Å². The van der Waals surface area contributed by atoms with Gasteiger partial charge in [0.15, 0.2) is 0 Å². The van der Waals surface area contributed by atoms with E-state index in [2.05, 4.69) is 9.97 Å². The van der Waals surface area contributed by atoms with E-state index in [1.54, 1.807) is 11.1 Å². The Kier molecular flexibility index (Phi) is 6.44. The topological polar surface area (TPSA) is 69.3 Å². The van der Waals surface area contributed by atoms with Gasteiger partial charge in [-0.15, -0.1) is 0 Å². The highest BCUT2D eigenvalue weighted by Gasteiger charge is 2.51. The molecular weight excluding hydrogens is 460 g/mol. The van der Waals surface area contributed by atoms with Crippen LogP contribution in [-0.4, -0.2) is 40.8 Å². The van der Waals surface area contributed by atoms with Gasteiger partial charge < -0.3 is 9.88 Å². The van der Waals surface area contributed by atoms with Gasteiger partial charge in [-0.3, -0.25) is 0 Å². The number of benzene rings is 2. The second-order valence-corrected chi connectivity index (χ2v) is 9.80. The molecule has 1 atom stereocenters. The SMILES string of the molecule is O=S(=O)(N1Cc2cccc(F)c2N(Cc2cnc[nH]2)[C@@H](CCc2ccccc2)C1)C(F)(F)F. The molecule has 1 aromatic heterocycles. The van der Waals surface area contributed by atoms with Crippen LogP contribution in [0, 0.1) is 5.82 Å². The van der Waals surface area contributed by atoms with Gasteiger partial charge >= 0.3 is 15.5 Å². The lowest BCUT2D eigenvalue weighted by Crippen LogP contribution is -2.47. The van der Waals surface area contributed by atoms with Crippen LogP contribution in [0.2, 0.25) is 0 Å². The maximum atomic E-state index is 15.1. The number of hydrogen-bond acceptors (Lipinski definition) is 4. The largest absolute Gasteiger partial charge is 0.511 e. The lowest BCUT2D eigenvalue weighted by molar-refractivity contribution is -0.0492. The highest BCUT2D eigenvalue weighted by Crippen LogP contribution is 2.37. The third kappa shape index (κ3) is 4.88. The van der Waals surface area contributed by atoms with Crippen LogP contribution >= 0.6 is 0 Å². The molecule has 6 nitrogen and oxygen atoms in total. The van der Waals surface area contributed by atoms with Crippen LogP contribution in [0.4, 0.5) is 23.2 Å². The number of aromatic nitrogens is 2. The molecule has 0 aliphatic carbocycles. The van der Waals surface area contributed by atoms with Crippen LogP contribution in [-0.2, 0) is 29.5 Å². The van der Waals surface area contributed by atoms with Gasteiger partial charge in [0, 0.05) is 25.3 Å². The molecular formula is C22H22F4N4O2S. The summed E-state index contributed by atoms with van der Waals surface area (Å²) in [6.07, 6.45) is 3.79. The molecule has 3 aromatic rings. The molecule has 0 amide bonds. The van der Waals surface area contributed by atoms with E-state index in [1.165, 1.54) is 24.5 Å². The number of hydrogen-bond donors (Lipinski definition) is 1. The third-order valence-electron chi connectivity index (χ3n) is 5.70. The smallest absolute Gasteiger partial charge is 0.359 e. The van der Waals surface area contributed by atoms with Crippen molar-refractivity contribution in [3.8, 4) is 0 Å². The van der Waals surface area contributed by atoms with E-state index in [9.17, 15) is 21.6 Å². The van der Waals surface area contributed by atoms with Crippen LogP contribution in [0.25, 0.3) is 0 Å². The van der Waals surface area contributed by atoms with Gasteiger partial charge in [0.1, 0.15) is 5.82 Å². The van der Waals surface area contributed by atoms with Crippen molar-refractivity contribution < 1.29 is 26.0 Å². The highest BCUT2D eigenvalue weighted by molar-refractivity contribution is 7.89. The van der Waals surface area contributed by atoms with Crippen molar-refractivity contribution in [3.63, 3.8) is 0 Å². The zero-order valence-corrected chi connectivity index (χ0v) is 18.3. The Bertz CT molecular complexity index is 1180. The van der Waals surface area contributed by atoms with E-state index in [0.717, 1.165) is 5.56 Å². The number of nitrogens with zero attached hydrogens (tertiary/aromatic N) is 3. The number of nitrogens with one attached hydrogen (secondary N) is 1. The van der Waals surface area contributed by atoms with Crippen molar-refractivity contribution in [1.82, 2.24) is 14.3 Å². The minimum Gasteiger partial charge on any atom is -0.359 e. The summed E-state index contributed by atoms with van der Waals surface area (Å²) in [5.74, 6) is -0.622. The summed E-state index contributed by atoms with van der Waals surface area (Å²) in [6, 6.07) is 12.6. The van der Waals surface area contributed by atoms with Gasteiger partial charge in [0.2, 0.25) is 0 Å². The zero-order chi connectivity index (χ0) is 23.6. The van der Waals surface area contributed by atoms with Gasteiger partial charge in [-0.25, -0.2) is 17.8 Å². The van der Waals surface area contributed by atoms with Gasteiger partial charge in [-0.1, -0.05) is 42.5 Å². The zero-order valence-electron chi connectivity index (χ0n) is 17.5. The highest BCUT2D eigenvalue weighted by atomic mass is 32.2. The minimum atomic E-state index is -5.62. The molecule has 0 fully saturated rings. The molecule has 0 unspecified atom stereocenters. The van der Waals surface area contributed by atoms with E-state index >= 15 is 4.39 Å². The van der Waals surface area contributed by atoms with Crippen LogP contribution < -0.4 is 4.90 Å². The summed E-state index contributed by atoms with van der Waals surface area (Å²) in [4.78, 5) is 8.54. The summed E-state index contributed by atoms with van der Waals surface area (Å²) in [6.45, 7) is -0.875. The van der Waals surface area contributed by atoms with Crippen molar-refractivity contribution in [1.29, 1.82) is 0 Å². The van der Waals surface area contributed by atoms with E-state index in [1.807, 2.05) is 30.3 Å².